The van der Waals surface area contributed by atoms with E-state index in [1.807, 2.05) is 0 Å². The van der Waals surface area contributed by atoms with Crippen LogP contribution in [0.3, 0.4) is 0 Å². The zero-order chi connectivity index (χ0) is 13.6. The van der Waals surface area contributed by atoms with Gasteiger partial charge < -0.3 is 9.47 Å². The summed E-state index contributed by atoms with van der Waals surface area (Å²) in [6.45, 7) is 1.62. The van der Waals surface area contributed by atoms with Crippen LogP contribution in [-0.2, 0) is 14.3 Å². The third-order valence-electron chi connectivity index (χ3n) is 6.01. The average molecular weight is 276 g/mol. The monoisotopic (exact) mass is 276 g/mol. The van der Waals surface area contributed by atoms with Crippen molar-refractivity contribution in [1.82, 2.24) is 0 Å². The molecule has 0 N–H and O–H groups in total. The van der Waals surface area contributed by atoms with Crippen molar-refractivity contribution in [2.45, 2.75) is 50.5 Å². The van der Waals surface area contributed by atoms with E-state index in [0.29, 0.717) is 17.8 Å². The number of rotatable bonds is 3. The quantitative estimate of drug-likeness (QED) is 0.587. The normalized spacial score (nSPS) is 41.4. The average Bonchev–Trinajstić information content (AvgIpc) is 3.22. The van der Waals surface area contributed by atoms with Gasteiger partial charge in [-0.2, -0.15) is 0 Å². The number of allylic oxidation sites excluding steroid dienone is 2. The smallest absolute Gasteiger partial charge is 0.310 e. The van der Waals surface area contributed by atoms with Gasteiger partial charge in [-0.25, -0.2) is 0 Å². The highest BCUT2D eigenvalue weighted by atomic mass is 16.6. The number of hydrogen-bond donors (Lipinski definition) is 0. The van der Waals surface area contributed by atoms with E-state index in [-0.39, 0.29) is 17.5 Å². The van der Waals surface area contributed by atoms with Crippen molar-refractivity contribution in [2.75, 3.05) is 13.2 Å². The van der Waals surface area contributed by atoms with Gasteiger partial charge in [0.15, 0.2) is 0 Å². The molecule has 4 atom stereocenters. The van der Waals surface area contributed by atoms with Gasteiger partial charge in [-0.05, 0) is 56.8 Å². The fourth-order valence-corrected chi connectivity index (χ4v) is 4.84. The van der Waals surface area contributed by atoms with E-state index in [1.54, 1.807) is 0 Å². The predicted octanol–water partition coefficient (Wildman–Crippen LogP) is 3.09. The van der Waals surface area contributed by atoms with Crippen molar-refractivity contribution in [3.05, 3.63) is 12.2 Å². The molecule has 1 saturated heterocycles. The molecule has 3 nitrogen and oxygen atoms in total. The Hall–Kier alpha value is -0.830. The van der Waals surface area contributed by atoms with Crippen molar-refractivity contribution in [3.63, 3.8) is 0 Å². The molecule has 2 saturated carbocycles. The van der Waals surface area contributed by atoms with Gasteiger partial charge in [0.1, 0.15) is 5.60 Å². The second-order valence-electron chi connectivity index (χ2n) is 7.14. The molecule has 4 rings (SSSR count). The Morgan fingerprint density at radius 1 is 1.20 bits per heavy atom. The standard InChI is InChI=1S/C17H24O3/c18-16(15-10-12-3-4-13(15)9-12)20-17(6-1-2-7-17)14-5-8-19-11-14/h3-4,12-15H,1-2,5-11H2. The Balaban J connectivity index is 1.48. The molecule has 4 aliphatic rings. The summed E-state index contributed by atoms with van der Waals surface area (Å²) in [5.41, 5.74) is -0.195. The molecular weight excluding hydrogens is 252 g/mol. The molecule has 1 aliphatic heterocycles. The fourth-order valence-electron chi connectivity index (χ4n) is 4.84. The van der Waals surface area contributed by atoms with Crippen LogP contribution in [0.2, 0.25) is 0 Å². The molecular formula is C17H24O3. The second-order valence-corrected chi connectivity index (χ2v) is 7.14. The molecule has 0 aromatic rings. The van der Waals surface area contributed by atoms with Crippen molar-refractivity contribution < 1.29 is 14.3 Å². The summed E-state index contributed by atoms with van der Waals surface area (Å²) in [6, 6.07) is 0. The van der Waals surface area contributed by atoms with Crippen LogP contribution in [0.15, 0.2) is 12.2 Å². The third-order valence-corrected chi connectivity index (χ3v) is 6.01. The van der Waals surface area contributed by atoms with Crippen molar-refractivity contribution >= 4 is 5.97 Å². The van der Waals surface area contributed by atoms with Crippen LogP contribution in [0.4, 0.5) is 0 Å². The second kappa shape index (κ2) is 4.87. The van der Waals surface area contributed by atoms with Gasteiger partial charge in [0, 0.05) is 12.5 Å². The molecule has 3 aliphatic carbocycles. The van der Waals surface area contributed by atoms with Gasteiger partial charge in [0.2, 0.25) is 0 Å². The minimum Gasteiger partial charge on any atom is -0.458 e. The Kier molecular flexibility index (Phi) is 3.13. The molecule has 20 heavy (non-hydrogen) atoms. The summed E-state index contributed by atoms with van der Waals surface area (Å²) in [5, 5.41) is 0. The highest BCUT2D eigenvalue weighted by Gasteiger charge is 2.49. The van der Waals surface area contributed by atoms with Crippen LogP contribution < -0.4 is 0 Å². The summed E-state index contributed by atoms with van der Waals surface area (Å²) >= 11 is 0. The largest absolute Gasteiger partial charge is 0.458 e. The maximum atomic E-state index is 12.7. The lowest BCUT2D eigenvalue weighted by Gasteiger charge is -2.35. The summed E-state index contributed by atoms with van der Waals surface area (Å²) in [7, 11) is 0. The Morgan fingerprint density at radius 2 is 2.05 bits per heavy atom. The minimum absolute atomic E-state index is 0.0793. The predicted molar refractivity (Wildman–Crippen MR) is 75.1 cm³/mol. The Bertz CT molecular complexity index is 416. The maximum Gasteiger partial charge on any atom is 0.310 e. The van der Waals surface area contributed by atoms with E-state index in [0.717, 1.165) is 38.9 Å². The van der Waals surface area contributed by atoms with Crippen LogP contribution in [-0.4, -0.2) is 24.8 Å². The number of carbonyl (C=O) groups is 1. The first-order chi connectivity index (χ1) is 9.77. The summed E-state index contributed by atoms with van der Waals surface area (Å²) in [4.78, 5) is 12.7. The zero-order valence-corrected chi connectivity index (χ0v) is 12.1. The molecule has 0 aromatic heterocycles. The first kappa shape index (κ1) is 12.9. The van der Waals surface area contributed by atoms with E-state index < -0.39 is 0 Å². The first-order valence-corrected chi connectivity index (χ1v) is 8.26. The van der Waals surface area contributed by atoms with Gasteiger partial charge in [0.05, 0.1) is 12.5 Å². The molecule has 0 aromatic carbocycles. The number of ether oxygens (including phenoxy) is 2. The molecule has 110 valence electrons. The summed E-state index contributed by atoms with van der Waals surface area (Å²) in [6.07, 6.45) is 12.2. The van der Waals surface area contributed by atoms with Crippen LogP contribution >= 0.6 is 0 Å². The summed E-state index contributed by atoms with van der Waals surface area (Å²) in [5.74, 6) is 1.72. The van der Waals surface area contributed by atoms with E-state index in [9.17, 15) is 4.79 Å². The minimum atomic E-state index is -0.195. The first-order valence-electron chi connectivity index (χ1n) is 8.26. The van der Waals surface area contributed by atoms with Crippen LogP contribution in [0.5, 0.6) is 0 Å². The van der Waals surface area contributed by atoms with Gasteiger partial charge in [-0.1, -0.05) is 12.2 Å². The van der Waals surface area contributed by atoms with Crippen LogP contribution in [0.25, 0.3) is 0 Å². The lowest BCUT2D eigenvalue weighted by molar-refractivity contribution is -0.171. The fraction of sp³-hybridized carbons (Fsp3) is 0.824. The number of carbonyl (C=O) groups excluding carboxylic acids is 1. The molecule has 3 heteroatoms. The molecule has 2 bridgehead atoms. The molecule has 0 spiro atoms. The van der Waals surface area contributed by atoms with Gasteiger partial charge in [0.25, 0.3) is 0 Å². The van der Waals surface area contributed by atoms with E-state index in [2.05, 4.69) is 12.2 Å². The summed E-state index contributed by atoms with van der Waals surface area (Å²) < 4.78 is 11.7. The van der Waals surface area contributed by atoms with E-state index in [1.165, 1.54) is 19.3 Å². The van der Waals surface area contributed by atoms with Gasteiger partial charge in [-0.15, -0.1) is 0 Å². The van der Waals surface area contributed by atoms with Gasteiger partial charge in [-0.3, -0.25) is 4.79 Å². The van der Waals surface area contributed by atoms with E-state index >= 15 is 0 Å². The van der Waals surface area contributed by atoms with Gasteiger partial charge >= 0.3 is 5.97 Å². The van der Waals surface area contributed by atoms with E-state index in [4.69, 9.17) is 9.47 Å². The molecule has 0 radical (unpaired) electrons. The zero-order valence-electron chi connectivity index (χ0n) is 12.1. The maximum absolute atomic E-state index is 12.7. The van der Waals surface area contributed by atoms with Crippen molar-refractivity contribution in [3.8, 4) is 0 Å². The number of esters is 1. The highest BCUT2D eigenvalue weighted by molar-refractivity contribution is 5.74. The van der Waals surface area contributed by atoms with Crippen molar-refractivity contribution in [1.29, 1.82) is 0 Å². The molecule has 1 heterocycles. The number of fused-ring (bicyclic) bond motifs is 2. The van der Waals surface area contributed by atoms with Crippen molar-refractivity contribution in [2.24, 2.45) is 23.7 Å². The van der Waals surface area contributed by atoms with Crippen LogP contribution in [0, 0.1) is 23.7 Å². The topological polar surface area (TPSA) is 35.5 Å². The number of hydrogen-bond acceptors (Lipinski definition) is 3. The third kappa shape index (κ3) is 2.02. The van der Waals surface area contributed by atoms with Crippen LogP contribution in [0.1, 0.15) is 44.9 Å². The molecule has 3 fully saturated rings. The Morgan fingerprint density at radius 3 is 2.65 bits per heavy atom. The SMILES string of the molecule is O=C(OC1(C2CCOC2)CCCC1)C1CC2C=CC1C2. The lowest BCUT2D eigenvalue weighted by Crippen LogP contribution is -2.42. The molecule has 4 unspecified atom stereocenters. The molecule has 0 amide bonds. The lowest BCUT2D eigenvalue weighted by atomic mass is 9.84. The Labute approximate surface area is 120 Å². The highest BCUT2D eigenvalue weighted by Crippen LogP contribution is 2.47.